The van der Waals surface area contributed by atoms with Gasteiger partial charge in [0, 0.05) is 30.3 Å². The number of imidazole rings is 1. The second-order valence-corrected chi connectivity index (χ2v) is 5.26. The van der Waals surface area contributed by atoms with Crippen LogP contribution in [0.15, 0.2) is 6.20 Å². The maximum Gasteiger partial charge on any atom is 0.110 e. The number of likely N-dealkylation sites (N-methyl/N-ethyl adjacent to an activating group) is 1. The fraction of sp³-hybridized carbons (Fsp3) is 0.769. The molecule has 2 rings (SSSR count). The summed E-state index contributed by atoms with van der Waals surface area (Å²) >= 11 is 0. The molecule has 16 heavy (non-hydrogen) atoms. The van der Waals surface area contributed by atoms with Crippen molar-refractivity contribution in [3.8, 4) is 0 Å². The Labute approximate surface area is 98.1 Å². The Balaban J connectivity index is 2.08. The molecular weight excluding hydrogens is 198 g/mol. The van der Waals surface area contributed by atoms with Crippen molar-refractivity contribution in [1.82, 2.24) is 15.3 Å². The molecule has 3 nitrogen and oxygen atoms in total. The van der Waals surface area contributed by atoms with Crippen LogP contribution in [0.25, 0.3) is 0 Å². The number of nitrogens with zero attached hydrogens (tertiary/aromatic N) is 1. The fourth-order valence-corrected chi connectivity index (χ4v) is 2.33. The minimum absolute atomic E-state index is 0.499. The third-order valence-corrected chi connectivity index (χ3v) is 3.74. The molecule has 90 valence electrons. The molecule has 1 saturated carbocycles. The van der Waals surface area contributed by atoms with Crippen LogP contribution in [0.2, 0.25) is 0 Å². The van der Waals surface area contributed by atoms with Gasteiger partial charge in [-0.05, 0) is 25.8 Å². The molecule has 0 saturated heterocycles. The van der Waals surface area contributed by atoms with Crippen LogP contribution in [0.4, 0.5) is 0 Å². The number of aromatic amines is 1. The molecule has 1 unspecified atom stereocenters. The first-order chi connectivity index (χ1) is 7.72. The Hall–Kier alpha value is -0.830. The highest BCUT2D eigenvalue weighted by Gasteiger charge is 2.24. The van der Waals surface area contributed by atoms with Gasteiger partial charge in [0.2, 0.25) is 0 Å². The first kappa shape index (κ1) is 11.6. The summed E-state index contributed by atoms with van der Waals surface area (Å²) < 4.78 is 0. The summed E-state index contributed by atoms with van der Waals surface area (Å²) in [7, 11) is 2.01. The second-order valence-electron chi connectivity index (χ2n) is 5.26. The lowest BCUT2D eigenvalue weighted by Crippen LogP contribution is -2.22. The van der Waals surface area contributed by atoms with Gasteiger partial charge in [-0.25, -0.2) is 4.98 Å². The number of rotatable bonds is 5. The predicted octanol–water partition coefficient (Wildman–Crippen LogP) is 2.64. The molecule has 0 aliphatic heterocycles. The highest BCUT2D eigenvalue weighted by atomic mass is 14.9. The van der Waals surface area contributed by atoms with Crippen LogP contribution < -0.4 is 5.32 Å². The van der Waals surface area contributed by atoms with Gasteiger partial charge in [-0.1, -0.05) is 20.3 Å². The summed E-state index contributed by atoms with van der Waals surface area (Å²) in [6.45, 7) is 5.51. The van der Waals surface area contributed by atoms with Crippen molar-refractivity contribution in [2.75, 3.05) is 13.6 Å². The lowest BCUT2D eigenvalue weighted by molar-refractivity contribution is 0.409. The van der Waals surface area contributed by atoms with Gasteiger partial charge in [0.05, 0.1) is 0 Å². The van der Waals surface area contributed by atoms with Crippen LogP contribution in [0.5, 0.6) is 0 Å². The average molecular weight is 221 g/mol. The molecule has 1 aromatic rings. The summed E-state index contributed by atoms with van der Waals surface area (Å²) in [5.74, 6) is 3.03. The molecule has 1 aliphatic rings. The van der Waals surface area contributed by atoms with E-state index < -0.39 is 0 Å². The minimum atomic E-state index is 0.499. The van der Waals surface area contributed by atoms with E-state index in [1.807, 2.05) is 13.2 Å². The van der Waals surface area contributed by atoms with Crippen molar-refractivity contribution in [1.29, 1.82) is 0 Å². The summed E-state index contributed by atoms with van der Waals surface area (Å²) in [6.07, 6.45) is 6.09. The Kier molecular flexibility index (Phi) is 3.64. The highest BCUT2D eigenvalue weighted by Crippen LogP contribution is 2.36. The average Bonchev–Trinajstić information content (AvgIpc) is 2.59. The maximum absolute atomic E-state index is 4.56. The lowest BCUT2D eigenvalue weighted by atomic mass is 9.83. The zero-order valence-corrected chi connectivity index (χ0v) is 10.6. The Morgan fingerprint density at radius 3 is 2.75 bits per heavy atom. The molecule has 1 fully saturated rings. The van der Waals surface area contributed by atoms with Gasteiger partial charge in [0.15, 0.2) is 0 Å². The van der Waals surface area contributed by atoms with Crippen molar-refractivity contribution in [3.05, 3.63) is 17.7 Å². The standard InChI is InChI=1S/C13H23N3/c1-9(2)11(7-14-3)13-15-8-12(16-13)10-5-4-6-10/h8-11,14H,4-7H2,1-3H3,(H,15,16). The predicted molar refractivity (Wildman–Crippen MR) is 66.7 cm³/mol. The second kappa shape index (κ2) is 5.00. The summed E-state index contributed by atoms with van der Waals surface area (Å²) in [4.78, 5) is 8.09. The number of hydrogen-bond acceptors (Lipinski definition) is 2. The van der Waals surface area contributed by atoms with E-state index in [2.05, 4.69) is 29.1 Å². The minimum Gasteiger partial charge on any atom is -0.345 e. The van der Waals surface area contributed by atoms with Crippen molar-refractivity contribution in [2.45, 2.75) is 44.9 Å². The van der Waals surface area contributed by atoms with Gasteiger partial charge in [0.25, 0.3) is 0 Å². The summed E-state index contributed by atoms with van der Waals surface area (Å²) in [5.41, 5.74) is 1.35. The van der Waals surface area contributed by atoms with E-state index in [0.29, 0.717) is 11.8 Å². The fourth-order valence-electron chi connectivity index (χ4n) is 2.33. The topological polar surface area (TPSA) is 40.7 Å². The van der Waals surface area contributed by atoms with E-state index in [0.717, 1.165) is 18.3 Å². The summed E-state index contributed by atoms with van der Waals surface area (Å²) in [6, 6.07) is 0. The van der Waals surface area contributed by atoms with Crippen LogP contribution >= 0.6 is 0 Å². The molecule has 0 aromatic carbocycles. The molecule has 0 spiro atoms. The van der Waals surface area contributed by atoms with Crippen molar-refractivity contribution < 1.29 is 0 Å². The molecule has 1 atom stereocenters. The first-order valence-electron chi connectivity index (χ1n) is 6.41. The number of nitrogens with one attached hydrogen (secondary N) is 2. The summed E-state index contributed by atoms with van der Waals surface area (Å²) in [5, 5.41) is 3.25. The van der Waals surface area contributed by atoms with Crippen molar-refractivity contribution in [2.24, 2.45) is 5.92 Å². The van der Waals surface area contributed by atoms with E-state index in [-0.39, 0.29) is 0 Å². The normalized spacial score (nSPS) is 18.8. The van der Waals surface area contributed by atoms with Crippen LogP contribution in [0.3, 0.4) is 0 Å². The smallest absolute Gasteiger partial charge is 0.110 e. The molecule has 2 N–H and O–H groups in total. The van der Waals surface area contributed by atoms with Crippen molar-refractivity contribution >= 4 is 0 Å². The largest absolute Gasteiger partial charge is 0.345 e. The Morgan fingerprint density at radius 1 is 1.50 bits per heavy atom. The van der Waals surface area contributed by atoms with E-state index in [1.54, 1.807) is 0 Å². The third-order valence-electron chi connectivity index (χ3n) is 3.74. The van der Waals surface area contributed by atoms with E-state index in [4.69, 9.17) is 0 Å². The van der Waals surface area contributed by atoms with Gasteiger partial charge in [-0.2, -0.15) is 0 Å². The first-order valence-corrected chi connectivity index (χ1v) is 6.41. The van der Waals surface area contributed by atoms with Crippen LogP contribution in [-0.2, 0) is 0 Å². The lowest BCUT2D eigenvalue weighted by Gasteiger charge is -2.24. The highest BCUT2D eigenvalue weighted by molar-refractivity contribution is 5.13. The van der Waals surface area contributed by atoms with Crippen molar-refractivity contribution in [3.63, 3.8) is 0 Å². The quantitative estimate of drug-likeness (QED) is 0.802. The maximum atomic E-state index is 4.56. The van der Waals surface area contributed by atoms with Crippen LogP contribution in [-0.4, -0.2) is 23.6 Å². The molecule has 1 aliphatic carbocycles. The number of hydrogen-bond donors (Lipinski definition) is 2. The molecular formula is C13H23N3. The molecule has 0 radical (unpaired) electrons. The number of H-pyrrole nitrogens is 1. The zero-order chi connectivity index (χ0) is 11.5. The van der Waals surface area contributed by atoms with E-state index >= 15 is 0 Å². The molecule has 0 bridgehead atoms. The van der Waals surface area contributed by atoms with E-state index in [1.165, 1.54) is 25.0 Å². The van der Waals surface area contributed by atoms with Crippen LogP contribution in [0, 0.1) is 5.92 Å². The zero-order valence-electron chi connectivity index (χ0n) is 10.6. The van der Waals surface area contributed by atoms with Gasteiger partial charge >= 0.3 is 0 Å². The molecule has 3 heteroatoms. The SMILES string of the molecule is CNCC(c1ncc(C2CCC2)[nH]1)C(C)C. The third kappa shape index (κ3) is 2.29. The molecule has 1 aromatic heterocycles. The van der Waals surface area contributed by atoms with Crippen LogP contribution in [0.1, 0.15) is 56.5 Å². The van der Waals surface area contributed by atoms with Gasteiger partial charge in [-0.15, -0.1) is 0 Å². The Morgan fingerprint density at radius 2 is 2.25 bits per heavy atom. The number of aromatic nitrogens is 2. The van der Waals surface area contributed by atoms with E-state index in [9.17, 15) is 0 Å². The monoisotopic (exact) mass is 221 g/mol. The molecule has 1 heterocycles. The van der Waals surface area contributed by atoms with Gasteiger partial charge < -0.3 is 10.3 Å². The van der Waals surface area contributed by atoms with Gasteiger partial charge in [-0.3, -0.25) is 0 Å². The van der Waals surface area contributed by atoms with Gasteiger partial charge in [0.1, 0.15) is 5.82 Å². The molecule has 0 amide bonds. The Bertz CT molecular complexity index is 326.